The number of carbonyl (C=O) groups excluding carboxylic acids is 1. The van der Waals surface area contributed by atoms with Gasteiger partial charge in [0.1, 0.15) is 0 Å². The number of ether oxygens (including phenoxy) is 2. The molecule has 16 heavy (non-hydrogen) atoms. The molecule has 0 aliphatic rings. The smallest absolute Gasteiger partial charge is 0.349 e. The predicted molar refractivity (Wildman–Crippen MR) is 62.4 cm³/mol. The van der Waals surface area contributed by atoms with Gasteiger partial charge < -0.3 is 9.47 Å². The Morgan fingerprint density at radius 2 is 1.88 bits per heavy atom. The fourth-order valence-corrected chi connectivity index (χ4v) is 1.38. The van der Waals surface area contributed by atoms with Crippen LogP contribution in [-0.2, 0) is 18.6 Å². The summed E-state index contributed by atoms with van der Waals surface area (Å²) in [7, 11) is 1.42. The molecule has 88 valence electrons. The molecule has 0 radical (unpaired) electrons. The SMILES string of the molecule is COC(C)OC(=O)C(Cl)(Cl)c1ccccc1. The van der Waals surface area contributed by atoms with Gasteiger partial charge in [-0.2, -0.15) is 0 Å². The van der Waals surface area contributed by atoms with Crippen molar-refractivity contribution < 1.29 is 14.3 Å². The van der Waals surface area contributed by atoms with Gasteiger partial charge in [-0.25, -0.2) is 4.79 Å². The number of benzene rings is 1. The molecule has 1 aromatic rings. The first-order valence-electron chi connectivity index (χ1n) is 4.65. The zero-order valence-corrected chi connectivity index (χ0v) is 10.5. The number of hydrogen-bond donors (Lipinski definition) is 0. The summed E-state index contributed by atoms with van der Waals surface area (Å²) in [5.41, 5.74) is 0.464. The molecule has 0 saturated heterocycles. The lowest BCUT2D eigenvalue weighted by molar-refractivity contribution is -0.170. The van der Waals surface area contributed by atoms with E-state index in [1.807, 2.05) is 0 Å². The molecule has 1 rings (SSSR count). The molecule has 0 amide bonds. The summed E-state index contributed by atoms with van der Waals surface area (Å²) in [6, 6.07) is 8.58. The van der Waals surface area contributed by atoms with Gasteiger partial charge in [0, 0.05) is 7.11 Å². The Balaban J connectivity index is 2.82. The minimum atomic E-state index is -1.71. The molecule has 0 aromatic heterocycles. The number of carbonyl (C=O) groups is 1. The molecule has 1 aromatic carbocycles. The van der Waals surface area contributed by atoms with Crippen molar-refractivity contribution >= 4 is 29.2 Å². The summed E-state index contributed by atoms with van der Waals surface area (Å²) >= 11 is 11.9. The van der Waals surface area contributed by atoms with Gasteiger partial charge in [0.25, 0.3) is 0 Å². The lowest BCUT2D eigenvalue weighted by Crippen LogP contribution is -2.29. The number of rotatable bonds is 4. The summed E-state index contributed by atoms with van der Waals surface area (Å²) in [6.45, 7) is 1.58. The van der Waals surface area contributed by atoms with Crippen molar-refractivity contribution in [2.45, 2.75) is 17.5 Å². The van der Waals surface area contributed by atoms with Gasteiger partial charge in [-0.05, 0) is 12.5 Å². The Bertz CT molecular complexity index is 352. The molecule has 1 atom stereocenters. The average Bonchev–Trinajstić information content (AvgIpc) is 2.29. The van der Waals surface area contributed by atoms with Crippen LogP contribution in [0.25, 0.3) is 0 Å². The average molecular weight is 263 g/mol. The highest BCUT2D eigenvalue weighted by Crippen LogP contribution is 2.35. The van der Waals surface area contributed by atoms with E-state index in [1.54, 1.807) is 37.3 Å². The third kappa shape index (κ3) is 3.11. The number of esters is 1. The molecule has 0 fully saturated rings. The summed E-state index contributed by atoms with van der Waals surface area (Å²) < 4.78 is 7.97. The molecule has 0 aliphatic heterocycles. The van der Waals surface area contributed by atoms with Gasteiger partial charge in [-0.1, -0.05) is 53.5 Å². The molecule has 5 heteroatoms. The van der Waals surface area contributed by atoms with E-state index in [0.717, 1.165) is 0 Å². The summed E-state index contributed by atoms with van der Waals surface area (Å²) in [6.07, 6.45) is -0.687. The Morgan fingerprint density at radius 1 is 1.31 bits per heavy atom. The monoisotopic (exact) mass is 262 g/mol. The van der Waals surface area contributed by atoms with Crippen LogP contribution in [0.1, 0.15) is 12.5 Å². The topological polar surface area (TPSA) is 35.5 Å². The van der Waals surface area contributed by atoms with Gasteiger partial charge in [-0.15, -0.1) is 0 Å². The van der Waals surface area contributed by atoms with Crippen molar-refractivity contribution in [3.63, 3.8) is 0 Å². The molecular formula is C11H12Cl2O3. The fourth-order valence-electron chi connectivity index (χ4n) is 1.04. The predicted octanol–water partition coefficient (Wildman–Crippen LogP) is 2.85. The van der Waals surface area contributed by atoms with E-state index in [9.17, 15) is 4.79 Å². The van der Waals surface area contributed by atoms with Gasteiger partial charge >= 0.3 is 5.97 Å². The number of halogens is 2. The van der Waals surface area contributed by atoms with E-state index in [1.165, 1.54) is 7.11 Å². The van der Waals surface area contributed by atoms with Crippen LogP contribution in [0.15, 0.2) is 30.3 Å². The van der Waals surface area contributed by atoms with Crippen LogP contribution < -0.4 is 0 Å². The van der Waals surface area contributed by atoms with Crippen molar-refractivity contribution in [1.29, 1.82) is 0 Å². The third-order valence-corrected chi connectivity index (χ3v) is 2.74. The minimum Gasteiger partial charge on any atom is -0.434 e. The van der Waals surface area contributed by atoms with E-state index in [4.69, 9.17) is 32.7 Å². The summed E-state index contributed by atoms with van der Waals surface area (Å²) in [5, 5.41) is 0. The van der Waals surface area contributed by atoms with Crippen LogP contribution in [-0.4, -0.2) is 19.4 Å². The lowest BCUT2D eigenvalue weighted by atomic mass is 10.1. The van der Waals surface area contributed by atoms with Crippen LogP contribution >= 0.6 is 23.2 Å². The maximum atomic E-state index is 11.7. The van der Waals surface area contributed by atoms with Crippen LogP contribution in [0.2, 0.25) is 0 Å². The lowest BCUT2D eigenvalue weighted by Gasteiger charge is -2.20. The Kier molecular flexibility index (Phi) is 4.59. The van der Waals surface area contributed by atoms with Crippen LogP contribution in [0.3, 0.4) is 0 Å². The molecule has 0 spiro atoms. The van der Waals surface area contributed by atoms with Gasteiger partial charge in [0.15, 0.2) is 6.29 Å². The van der Waals surface area contributed by atoms with E-state index < -0.39 is 16.6 Å². The van der Waals surface area contributed by atoms with Gasteiger partial charge in [0.2, 0.25) is 4.33 Å². The van der Waals surface area contributed by atoms with Crippen molar-refractivity contribution in [3.05, 3.63) is 35.9 Å². The second-order valence-corrected chi connectivity index (χ2v) is 4.48. The molecular weight excluding hydrogens is 251 g/mol. The third-order valence-electron chi connectivity index (χ3n) is 2.00. The minimum absolute atomic E-state index is 0.464. The molecule has 0 heterocycles. The first-order valence-corrected chi connectivity index (χ1v) is 5.41. The zero-order valence-electron chi connectivity index (χ0n) is 8.94. The van der Waals surface area contributed by atoms with E-state index in [-0.39, 0.29) is 0 Å². The Morgan fingerprint density at radius 3 is 2.38 bits per heavy atom. The quantitative estimate of drug-likeness (QED) is 0.476. The first-order chi connectivity index (χ1) is 7.48. The van der Waals surface area contributed by atoms with Crippen LogP contribution in [0.4, 0.5) is 0 Å². The van der Waals surface area contributed by atoms with Crippen molar-refractivity contribution in [3.8, 4) is 0 Å². The van der Waals surface area contributed by atoms with Gasteiger partial charge in [-0.3, -0.25) is 0 Å². The molecule has 0 aliphatic carbocycles. The Labute approximate surface area is 104 Å². The number of alkyl halides is 2. The van der Waals surface area contributed by atoms with E-state index in [0.29, 0.717) is 5.56 Å². The maximum absolute atomic E-state index is 11.7. The van der Waals surface area contributed by atoms with Crippen LogP contribution in [0, 0.1) is 0 Å². The molecule has 1 unspecified atom stereocenters. The molecule has 0 bridgehead atoms. The molecule has 0 saturated carbocycles. The highest BCUT2D eigenvalue weighted by molar-refractivity contribution is 6.56. The first kappa shape index (κ1) is 13.3. The summed E-state index contributed by atoms with van der Waals surface area (Å²) in [5.74, 6) is -0.753. The highest BCUT2D eigenvalue weighted by Gasteiger charge is 2.38. The van der Waals surface area contributed by atoms with Gasteiger partial charge in [0.05, 0.1) is 0 Å². The second-order valence-electron chi connectivity index (χ2n) is 3.15. The standard InChI is InChI=1S/C11H12Cl2O3/c1-8(15-2)16-10(14)11(12,13)9-6-4-3-5-7-9/h3-8H,1-2H3. The summed E-state index contributed by atoms with van der Waals surface area (Å²) in [4.78, 5) is 11.7. The van der Waals surface area contributed by atoms with Crippen molar-refractivity contribution in [1.82, 2.24) is 0 Å². The van der Waals surface area contributed by atoms with Crippen molar-refractivity contribution in [2.24, 2.45) is 0 Å². The Hall–Kier alpha value is -0.770. The van der Waals surface area contributed by atoms with E-state index in [2.05, 4.69) is 0 Å². The van der Waals surface area contributed by atoms with E-state index >= 15 is 0 Å². The normalized spacial score (nSPS) is 13.2. The number of hydrogen-bond acceptors (Lipinski definition) is 3. The molecule has 3 nitrogen and oxygen atoms in total. The van der Waals surface area contributed by atoms with Crippen molar-refractivity contribution in [2.75, 3.05) is 7.11 Å². The maximum Gasteiger partial charge on any atom is 0.349 e. The molecule has 0 N–H and O–H groups in total. The number of methoxy groups -OCH3 is 1. The largest absolute Gasteiger partial charge is 0.434 e. The van der Waals surface area contributed by atoms with Crippen LogP contribution in [0.5, 0.6) is 0 Å². The zero-order chi connectivity index (χ0) is 12.2. The second kappa shape index (κ2) is 5.53. The highest BCUT2D eigenvalue weighted by atomic mass is 35.5. The fraction of sp³-hybridized carbons (Fsp3) is 0.364.